The van der Waals surface area contributed by atoms with Crippen molar-refractivity contribution < 1.29 is 23.9 Å². The first-order chi connectivity index (χ1) is 18.0. The molecule has 2 heterocycles. The van der Waals surface area contributed by atoms with E-state index in [1.807, 2.05) is 20.8 Å². The first-order valence-electron chi connectivity index (χ1n) is 11.8. The second-order valence-electron chi connectivity index (χ2n) is 9.92. The molecule has 0 unspecified atom stereocenters. The third-order valence-electron chi connectivity index (χ3n) is 5.89. The monoisotopic (exact) mass is 559 g/mol. The van der Waals surface area contributed by atoms with Gasteiger partial charge in [0.25, 0.3) is 0 Å². The number of ether oxygens (including phenoxy) is 2. The van der Waals surface area contributed by atoms with Crippen molar-refractivity contribution in [2.45, 2.75) is 33.6 Å². The van der Waals surface area contributed by atoms with Gasteiger partial charge in [-0.2, -0.15) is 0 Å². The number of aromatic nitrogens is 3. The van der Waals surface area contributed by atoms with Gasteiger partial charge < -0.3 is 9.47 Å². The van der Waals surface area contributed by atoms with E-state index in [0.29, 0.717) is 22.8 Å². The zero-order valence-corrected chi connectivity index (χ0v) is 22.9. The van der Waals surface area contributed by atoms with Crippen LogP contribution < -0.4 is 19.3 Å². The lowest BCUT2D eigenvalue weighted by atomic mass is 9.91. The molecule has 1 aromatic heterocycles. The van der Waals surface area contributed by atoms with Gasteiger partial charge in [0.2, 0.25) is 11.8 Å². The van der Waals surface area contributed by atoms with E-state index in [2.05, 4.69) is 10.3 Å². The molecule has 1 aliphatic heterocycles. The predicted molar refractivity (Wildman–Crippen MR) is 143 cm³/mol. The largest absolute Gasteiger partial charge is 0.493 e. The lowest BCUT2D eigenvalue weighted by molar-refractivity contribution is -0.135. The van der Waals surface area contributed by atoms with Gasteiger partial charge in [-0.25, -0.2) is 4.68 Å². The number of methoxy groups -OCH3 is 1. The van der Waals surface area contributed by atoms with Crippen molar-refractivity contribution in [1.29, 1.82) is 0 Å². The molecule has 12 heteroatoms. The Morgan fingerprint density at radius 3 is 2.29 bits per heavy atom. The van der Waals surface area contributed by atoms with Crippen LogP contribution in [0, 0.1) is 5.41 Å². The first kappa shape index (κ1) is 27.4. The van der Waals surface area contributed by atoms with Crippen LogP contribution in [0.4, 0.5) is 11.4 Å². The summed E-state index contributed by atoms with van der Waals surface area (Å²) in [6.45, 7) is 5.50. The summed E-state index contributed by atoms with van der Waals surface area (Å²) in [4.78, 5) is 42.1. The molecule has 0 atom stereocenters. The highest BCUT2D eigenvalue weighted by molar-refractivity contribution is 6.31. The minimum Gasteiger partial charge on any atom is -0.493 e. The fraction of sp³-hybridized carbons (Fsp3) is 0.346. The van der Waals surface area contributed by atoms with E-state index in [4.69, 9.17) is 32.7 Å². The first-order valence-corrected chi connectivity index (χ1v) is 12.6. The Kier molecular flexibility index (Phi) is 7.94. The quantitative estimate of drug-likeness (QED) is 0.305. The Hall–Kier alpha value is -3.63. The molecule has 2 aromatic carbocycles. The van der Waals surface area contributed by atoms with Crippen LogP contribution in [0.2, 0.25) is 10.2 Å². The van der Waals surface area contributed by atoms with Crippen molar-refractivity contribution in [1.82, 2.24) is 15.0 Å². The van der Waals surface area contributed by atoms with E-state index in [-0.39, 0.29) is 53.2 Å². The van der Waals surface area contributed by atoms with Crippen LogP contribution in [0.1, 0.15) is 33.6 Å². The summed E-state index contributed by atoms with van der Waals surface area (Å²) < 4.78 is 12.5. The van der Waals surface area contributed by atoms with Gasteiger partial charge >= 0.3 is 5.97 Å². The molecular weight excluding hydrogens is 533 g/mol. The van der Waals surface area contributed by atoms with Gasteiger partial charge in [0.05, 0.1) is 30.4 Å². The Bertz CT molecular complexity index is 1380. The third-order valence-corrected chi connectivity index (χ3v) is 6.30. The van der Waals surface area contributed by atoms with Gasteiger partial charge in [-0.15, -0.1) is 5.10 Å². The summed E-state index contributed by atoms with van der Waals surface area (Å²) in [5.74, 6) is -0.878. The Morgan fingerprint density at radius 1 is 1.00 bits per heavy atom. The van der Waals surface area contributed by atoms with E-state index >= 15 is 0 Å². The van der Waals surface area contributed by atoms with E-state index < -0.39 is 11.9 Å². The Morgan fingerprint density at radius 2 is 1.68 bits per heavy atom. The van der Waals surface area contributed by atoms with Crippen molar-refractivity contribution in [3.63, 3.8) is 0 Å². The van der Waals surface area contributed by atoms with Gasteiger partial charge in [-0.05, 0) is 42.2 Å². The van der Waals surface area contributed by atoms with Crippen LogP contribution in [0.5, 0.6) is 11.5 Å². The summed E-state index contributed by atoms with van der Waals surface area (Å²) >= 11 is 12.2. The number of carbonyl (C=O) groups excluding carboxylic acids is 3. The smallest absolute Gasteiger partial charge is 0.311 e. The number of halogens is 2. The molecule has 4 rings (SSSR count). The van der Waals surface area contributed by atoms with Crippen LogP contribution in [-0.2, 0) is 14.4 Å². The highest BCUT2D eigenvalue weighted by Crippen LogP contribution is 2.40. The minimum atomic E-state index is -0.460. The van der Waals surface area contributed by atoms with Gasteiger partial charge in [0.1, 0.15) is 13.1 Å². The summed E-state index contributed by atoms with van der Waals surface area (Å²) in [6.07, 6.45) is 2.28. The topological polar surface area (TPSA) is 107 Å². The van der Waals surface area contributed by atoms with E-state index in [1.54, 1.807) is 36.4 Å². The van der Waals surface area contributed by atoms with Crippen molar-refractivity contribution in [2.24, 2.45) is 5.41 Å². The second-order valence-corrected chi connectivity index (χ2v) is 10.7. The molecule has 0 spiro atoms. The van der Waals surface area contributed by atoms with Crippen LogP contribution in [0.15, 0.2) is 42.6 Å². The fourth-order valence-corrected chi connectivity index (χ4v) is 4.24. The average molecular weight is 560 g/mol. The molecular formula is C26H27Cl2N5O5. The van der Waals surface area contributed by atoms with Crippen molar-refractivity contribution in [3.05, 3.63) is 52.8 Å². The molecule has 0 bridgehead atoms. The van der Waals surface area contributed by atoms with Crippen LogP contribution in [-0.4, -0.2) is 53.0 Å². The number of piperazine rings is 1. The van der Waals surface area contributed by atoms with Crippen molar-refractivity contribution >= 4 is 52.4 Å². The van der Waals surface area contributed by atoms with Gasteiger partial charge in [-0.3, -0.25) is 24.2 Å². The highest BCUT2D eigenvalue weighted by Gasteiger charge is 2.35. The molecule has 0 N–H and O–H groups in total. The fourth-order valence-electron chi connectivity index (χ4n) is 3.95. The highest BCUT2D eigenvalue weighted by atomic mass is 35.5. The summed E-state index contributed by atoms with van der Waals surface area (Å²) in [7, 11) is 1.44. The zero-order valence-electron chi connectivity index (χ0n) is 21.4. The molecule has 200 valence electrons. The number of amides is 2. The Balaban J connectivity index is 1.63. The number of rotatable bonds is 7. The van der Waals surface area contributed by atoms with Crippen molar-refractivity contribution in [3.8, 4) is 17.2 Å². The number of esters is 1. The van der Waals surface area contributed by atoms with Crippen molar-refractivity contribution in [2.75, 3.05) is 30.0 Å². The minimum absolute atomic E-state index is 0.0574. The summed E-state index contributed by atoms with van der Waals surface area (Å²) in [5, 5.41) is 8.28. The molecule has 1 fully saturated rings. The standard InChI is InChI=1S/C26H27Cl2N5O5/c1-26(2,3)11-10-24(36)38-25-18(6-5-7-20(25)37-4)31-14-23(35)32(15-22(31)34)19-12-16(27)8-9-17(19)33-13-21(28)29-30-33/h5-9,12-13H,10-11,14-15H2,1-4H3. The predicted octanol–water partition coefficient (Wildman–Crippen LogP) is 4.69. The molecule has 38 heavy (non-hydrogen) atoms. The maximum Gasteiger partial charge on any atom is 0.311 e. The maximum atomic E-state index is 13.4. The lowest BCUT2D eigenvalue weighted by Gasteiger charge is -2.35. The molecule has 1 saturated heterocycles. The molecule has 2 amide bonds. The average Bonchev–Trinajstić information content (AvgIpc) is 3.29. The molecule has 1 aliphatic rings. The van der Waals surface area contributed by atoms with E-state index in [9.17, 15) is 14.4 Å². The maximum absolute atomic E-state index is 13.4. The Labute approximate surface area is 230 Å². The molecule has 0 aliphatic carbocycles. The van der Waals surface area contributed by atoms with E-state index in [1.165, 1.54) is 27.8 Å². The number of carbonyl (C=O) groups is 3. The number of para-hydroxylation sites is 1. The number of anilines is 2. The van der Waals surface area contributed by atoms with Crippen LogP contribution in [0.3, 0.4) is 0 Å². The molecule has 3 aromatic rings. The number of hydrogen-bond acceptors (Lipinski definition) is 7. The third kappa shape index (κ3) is 6.08. The van der Waals surface area contributed by atoms with E-state index in [0.717, 1.165) is 0 Å². The number of hydrogen-bond donors (Lipinski definition) is 0. The second kappa shape index (κ2) is 11.0. The lowest BCUT2D eigenvalue weighted by Crippen LogP contribution is -2.54. The summed E-state index contributed by atoms with van der Waals surface area (Å²) in [6, 6.07) is 9.76. The molecule has 0 radical (unpaired) electrons. The number of nitrogens with zero attached hydrogens (tertiary/aromatic N) is 5. The van der Waals surface area contributed by atoms with Gasteiger partial charge in [0.15, 0.2) is 16.7 Å². The van der Waals surface area contributed by atoms with Gasteiger partial charge in [0, 0.05) is 11.4 Å². The molecule has 0 saturated carbocycles. The normalized spacial score (nSPS) is 14.2. The molecule has 10 nitrogen and oxygen atoms in total. The van der Waals surface area contributed by atoms with Crippen LogP contribution >= 0.6 is 23.2 Å². The zero-order chi connectivity index (χ0) is 27.6. The number of benzene rings is 2. The van der Waals surface area contributed by atoms with Crippen LogP contribution in [0.25, 0.3) is 5.69 Å². The summed E-state index contributed by atoms with van der Waals surface area (Å²) in [5.41, 5.74) is 1.05. The SMILES string of the molecule is COc1cccc(N2CC(=O)N(c3cc(Cl)ccc3-n3cc(Cl)nn3)CC2=O)c1OC(=O)CCC(C)(C)C. The van der Waals surface area contributed by atoms with Gasteiger partial charge in [-0.1, -0.05) is 55.3 Å².